The Balaban J connectivity index is 1.94. The molecule has 0 unspecified atom stereocenters. The first-order valence-electron chi connectivity index (χ1n) is 10.1. The molecule has 11 heteroatoms. The molecule has 2 aromatic carbocycles. The van der Waals surface area contributed by atoms with Crippen LogP contribution >= 0.6 is 11.6 Å². The van der Waals surface area contributed by atoms with E-state index in [1.807, 2.05) is 0 Å². The lowest BCUT2D eigenvalue weighted by molar-refractivity contribution is -0.142. The number of carbonyl (C=O) groups is 3. The summed E-state index contributed by atoms with van der Waals surface area (Å²) in [6, 6.07) is 8.61. The molecule has 10 nitrogen and oxygen atoms in total. The van der Waals surface area contributed by atoms with Crippen molar-refractivity contribution in [1.29, 1.82) is 0 Å². The summed E-state index contributed by atoms with van der Waals surface area (Å²) in [5, 5.41) is 8.30. The van der Waals surface area contributed by atoms with Crippen LogP contribution in [0.3, 0.4) is 0 Å². The molecule has 1 atom stereocenters. The van der Waals surface area contributed by atoms with E-state index in [1.165, 1.54) is 20.3 Å². The smallest absolute Gasteiger partial charge is 0.343 e. The average Bonchev–Trinajstić information content (AvgIpc) is 2.82. The minimum Gasteiger partial charge on any atom is -0.497 e. The molecule has 0 fully saturated rings. The zero-order valence-corrected chi connectivity index (χ0v) is 19.7. The Labute approximate surface area is 201 Å². The number of urea groups is 1. The van der Waals surface area contributed by atoms with Gasteiger partial charge >= 0.3 is 12.0 Å². The van der Waals surface area contributed by atoms with E-state index < -0.39 is 23.9 Å². The Bertz CT molecular complexity index is 1130. The lowest BCUT2D eigenvalue weighted by Gasteiger charge is -2.29. The summed E-state index contributed by atoms with van der Waals surface area (Å²) in [5.41, 5.74) is 1.67. The first-order valence-corrected chi connectivity index (χ1v) is 10.5. The molecule has 3 amide bonds. The number of methoxy groups -OCH3 is 3. The van der Waals surface area contributed by atoms with Gasteiger partial charge in [0.25, 0.3) is 5.91 Å². The molecule has 0 saturated carbocycles. The summed E-state index contributed by atoms with van der Waals surface area (Å²) in [6.07, 6.45) is 0. The number of halogens is 1. The minimum atomic E-state index is -0.840. The van der Waals surface area contributed by atoms with Crippen LogP contribution in [0.1, 0.15) is 18.5 Å². The maximum absolute atomic E-state index is 13.2. The highest BCUT2D eigenvalue weighted by molar-refractivity contribution is 6.32. The summed E-state index contributed by atoms with van der Waals surface area (Å²) in [7, 11) is 4.19. The molecule has 1 aliphatic rings. The number of anilines is 1. The van der Waals surface area contributed by atoms with Crippen molar-refractivity contribution < 1.29 is 33.3 Å². The number of allylic oxidation sites excluding steroid dienone is 1. The van der Waals surface area contributed by atoms with E-state index in [0.29, 0.717) is 22.7 Å². The van der Waals surface area contributed by atoms with Crippen molar-refractivity contribution in [2.75, 3.05) is 33.3 Å². The summed E-state index contributed by atoms with van der Waals surface area (Å²) < 4.78 is 20.5. The van der Waals surface area contributed by atoms with Crippen molar-refractivity contribution >= 4 is 35.2 Å². The molecule has 0 aliphatic carbocycles. The van der Waals surface area contributed by atoms with Crippen molar-refractivity contribution in [3.05, 3.63) is 58.3 Å². The van der Waals surface area contributed by atoms with Gasteiger partial charge in [-0.15, -0.1) is 0 Å². The lowest BCUT2D eigenvalue weighted by atomic mass is 9.94. The molecule has 3 rings (SSSR count). The number of benzene rings is 2. The van der Waals surface area contributed by atoms with Crippen LogP contribution in [0.15, 0.2) is 47.7 Å². The zero-order valence-electron chi connectivity index (χ0n) is 19.0. The van der Waals surface area contributed by atoms with Crippen LogP contribution in [0.5, 0.6) is 17.2 Å². The van der Waals surface area contributed by atoms with Gasteiger partial charge in [0.2, 0.25) is 0 Å². The number of esters is 1. The second-order valence-corrected chi connectivity index (χ2v) is 7.56. The third kappa shape index (κ3) is 5.52. The number of ether oxygens (including phenoxy) is 4. The van der Waals surface area contributed by atoms with Gasteiger partial charge in [-0.3, -0.25) is 4.79 Å². The molecular weight excluding hydrogens is 466 g/mol. The molecule has 2 aromatic rings. The number of hydrogen-bond acceptors (Lipinski definition) is 7. The third-order valence-corrected chi connectivity index (χ3v) is 5.29. The Morgan fingerprint density at radius 1 is 1.09 bits per heavy atom. The Morgan fingerprint density at radius 2 is 1.79 bits per heavy atom. The Hall–Kier alpha value is -3.92. The molecule has 0 spiro atoms. The van der Waals surface area contributed by atoms with E-state index in [4.69, 9.17) is 25.8 Å². The van der Waals surface area contributed by atoms with Gasteiger partial charge in [-0.05, 0) is 48.9 Å². The fourth-order valence-corrected chi connectivity index (χ4v) is 3.63. The normalized spacial score (nSPS) is 15.1. The molecule has 3 N–H and O–H groups in total. The van der Waals surface area contributed by atoms with Gasteiger partial charge in [0.15, 0.2) is 18.1 Å². The van der Waals surface area contributed by atoms with E-state index >= 15 is 0 Å². The topological polar surface area (TPSA) is 124 Å². The van der Waals surface area contributed by atoms with Crippen LogP contribution < -0.4 is 30.2 Å². The number of hydrogen-bond donors (Lipinski definition) is 3. The maximum atomic E-state index is 13.2. The van der Waals surface area contributed by atoms with Gasteiger partial charge in [0.05, 0.1) is 38.0 Å². The van der Waals surface area contributed by atoms with Gasteiger partial charge in [0, 0.05) is 11.4 Å². The molecule has 34 heavy (non-hydrogen) atoms. The van der Waals surface area contributed by atoms with Gasteiger partial charge in [-0.1, -0.05) is 11.6 Å². The van der Waals surface area contributed by atoms with Crippen molar-refractivity contribution in [1.82, 2.24) is 10.6 Å². The molecule has 0 radical (unpaired) electrons. The van der Waals surface area contributed by atoms with E-state index in [2.05, 4.69) is 20.7 Å². The first kappa shape index (κ1) is 24.7. The van der Waals surface area contributed by atoms with Crippen molar-refractivity contribution in [2.45, 2.75) is 13.0 Å². The van der Waals surface area contributed by atoms with E-state index in [9.17, 15) is 14.4 Å². The highest BCUT2D eigenvalue weighted by Gasteiger charge is 2.32. The van der Waals surface area contributed by atoms with E-state index in [-0.39, 0.29) is 28.7 Å². The predicted molar refractivity (Wildman–Crippen MR) is 124 cm³/mol. The highest BCUT2D eigenvalue weighted by Crippen LogP contribution is 2.40. The van der Waals surface area contributed by atoms with Crippen molar-refractivity contribution in [3.8, 4) is 17.2 Å². The number of amides is 3. The van der Waals surface area contributed by atoms with Gasteiger partial charge in [-0.2, -0.15) is 0 Å². The zero-order chi connectivity index (χ0) is 24.8. The lowest BCUT2D eigenvalue weighted by Crippen LogP contribution is -2.46. The molecular formula is C23H24ClN3O7. The van der Waals surface area contributed by atoms with E-state index in [1.54, 1.807) is 44.4 Å². The summed E-state index contributed by atoms with van der Waals surface area (Å²) in [5.74, 6) is -0.0329. The quantitative estimate of drug-likeness (QED) is 0.486. The largest absolute Gasteiger partial charge is 0.497 e. The average molecular weight is 490 g/mol. The van der Waals surface area contributed by atoms with Crippen molar-refractivity contribution in [3.63, 3.8) is 0 Å². The summed E-state index contributed by atoms with van der Waals surface area (Å²) in [4.78, 5) is 36.9. The molecule has 0 bridgehead atoms. The fourth-order valence-electron chi connectivity index (χ4n) is 3.35. The maximum Gasteiger partial charge on any atom is 0.343 e. The Morgan fingerprint density at radius 3 is 2.41 bits per heavy atom. The fraction of sp³-hybridized carbons (Fsp3) is 0.261. The molecule has 0 aromatic heterocycles. The van der Waals surface area contributed by atoms with Crippen LogP contribution in [0.4, 0.5) is 10.5 Å². The minimum absolute atomic E-state index is 0.124. The number of nitrogens with one attached hydrogen (secondary N) is 3. The van der Waals surface area contributed by atoms with Crippen LogP contribution in [-0.2, 0) is 14.3 Å². The third-order valence-electron chi connectivity index (χ3n) is 5.01. The van der Waals surface area contributed by atoms with Crippen LogP contribution in [-0.4, -0.2) is 45.8 Å². The van der Waals surface area contributed by atoms with Gasteiger partial charge < -0.3 is 34.9 Å². The van der Waals surface area contributed by atoms with Crippen LogP contribution in [0.25, 0.3) is 0 Å². The van der Waals surface area contributed by atoms with E-state index in [0.717, 1.165) is 0 Å². The summed E-state index contributed by atoms with van der Waals surface area (Å²) in [6.45, 7) is 1.26. The van der Waals surface area contributed by atoms with Crippen LogP contribution in [0.2, 0.25) is 5.02 Å². The molecule has 1 aliphatic heterocycles. The van der Waals surface area contributed by atoms with Gasteiger partial charge in [-0.25, -0.2) is 9.59 Å². The number of rotatable bonds is 8. The SMILES string of the molecule is COC(=O)COc1c(Cl)cc([C@H]2NC(=O)NC(C)=C2C(=O)Nc2ccc(OC)cc2)cc1OC. The molecule has 0 saturated heterocycles. The standard InChI is InChI=1S/C23H24ClN3O7/c1-12-19(22(29)26-14-5-7-15(31-2)8-6-14)20(27-23(30)25-12)13-9-16(24)21(17(10-13)32-3)34-11-18(28)33-4/h5-10,20H,11H2,1-4H3,(H,26,29)(H2,25,27,30)/t20-/m1/s1. The molecule has 180 valence electrons. The second kappa shape index (κ2) is 10.8. The monoisotopic (exact) mass is 489 g/mol. The first-order chi connectivity index (χ1) is 16.3. The highest BCUT2D eigenvalue weighted by atomic mass is 35.5. The van der Waals surface area contributed by atoms with Gasteiger partial charge in [0.1, 0.15) is 5.75 Å². The van der Waals surface area contributed by atoms with Crippen molar-refractivity contribution in [2.24, 2.45) is 0 Å². The second-order valence-electron chi connectivity index (χ2n) is 7.15. The van der Waals surface area contributed by atoms with Crippen LogP contribution in [0, 0.1) is 0 Å². The predicted octanol–water partition coefficient (Wildman–Crippen LogP) is 3.18. The number of carbonyl (C=O) groups excluding carboxylic acids is 3. The summed E-state index contributed by atoms with van der Waals surface area (Å²) >= 11 is 6.40. The Kier molecular flexibility index (Phi) is 7.85. The molecule has 1 heterocycles.